The summed E-state index contributed by atoms with van der Waals surface area (Å²) in [4.78, 5) is 10.7. The molecule has 2 unspecified atom stereocenters. The van der Waals surface area contributed by atoms with Gasteiger partial charge in [-0.3, -0.25) is 0 Å². The van der Waals surface area contributed by atoms with Crippen molar-refractivity contribution in [1.29, 1.82) is 5.26 Å². The molecule has 2 atom stereocenters. The maximum atomic E-state index is 10.7. The van der Waals surface area contributed by atoms with Crippen LogP contribution in [0, 0.1) is 11.3 Å². The van der Waals surface area contributed by atoms with Gasteiger partial charge in [0, 0.05) is 12.6 Å². The summed E-state index contributed by atoms with van der Waals surface area (Å²) in [6, 6.07) is 8.91. The van der Waals surface area contributed by atoms with Gasteiger partial charge in [-0.25, -0.2) is 4.79 Å². The van der Waals surface area contributed by atoms with Crippen molar-refractivity contribution in [2.75, 3.05) is 6.54 Å². The van der Waals surface area contributed by atoms with Crippen LogP contribution < -0.4 is 5.32 Å². The minimum atomic E-state index is -1.79. The lowest BCUT2D eigenvalue weighted by molar-refractivity contribution is -0.156. The van der Waals surface area contributed by atoms with E-state index in [2.05, 4.69) is 5.32 Å². The molecule has 0 bridgehead atoms. The lowest BCUT2D eigenvalue weighted by Crippen LogP contribution is -2.45. The molecular weight excluding hydrogens is 232 g/mol. The van der Waals surface area contributed by atoms with Crippen LogP contribution in [0.2, 0.25) is 0 Å². The molecule has 0 saturated heterocycles. The molecule has 0 aromatic heterocycles. The van der Waals surface area contributed by atoms with Crippen LogP contribution in [0.3, 0.4) is 0 Å². The lowest BCUT2D eigenvalue weighted by atomic mass is 10.0. The average Bonchev–Trinajstić information content (AvgIpc) is 2.36. The van der Waals surface area contributed by atoms with Crippen LogP contribution in [0.25, 0.3) is 0 Å². The van der Waals surface area contributed by atoms with E-state index in [-0.39, 0.29) is 12.6 Å². The monoisotopic (exact) mass is 248 g/mol. The van der Waals surface area contributed by atoms with Crippen LogP contribution in [-0.4, -0.2) is 28.3 Å². The molecule has 0 aliphatic heterocycles. The Morgan fingerprint density at radius 3 is 2.50 bits per heavy atom. The molecule has 0 aliphatic carbocycles. The van der Waals surface area contributed by atoms with E-state index >= 15 is 0 Å². The molecule has 18 heavy (non-hydrogen) atoms. The predicted molar refractivity (Wildman–Crippen MR) is 65.8 cm³/mol. The molecule has 0 amide bonds. The van der Waals surface area contributed by atoms with Gasteiger partial charge in [0.2, 0.25) is 0 Å². The second kappa shape index (κ2) is 5.63. The summed E-state index contributed by atoms with van der Waals surface area (Å²) >= 11 is 0. The normalized spacial score (nSPS) is 15.4. The van der Waals surface area contributed by atoms with Crippen molar-refractivity contribution in [3.8, 4) is 6.07 Å². The number of aliphatic carboxylic acids is 1. The summed E-state index contributed by atoms with van der Waals surface area (Å²) in [6.45, 7) is 3.05. The van der Waals surface area contributed by atoms with Crippen LogP contribution in [0.1, 0.15) is 31.0 Å². The van der Waals surface area contributed by atoms with E-state index in [9.17, 15) is 9.90 Å². The van der Waals surface area contributed by atoms with Crippen LogP contribution in [0.4, 0.5) is 0 Å². The zero-order valence-corrected chi connectivity index (χ0v) is 10.3. The van der Waals surface area contributed by atoms with E-state index in [4.69, 9.17) is 10.4 Å². The van der Waals surface area contributed by atoms with E-state index in [1.165, 1.54) is 6.92 Å². The first-order valence-corrected chi connectivity index (χ1v) is 5.56. The first-order chi connectivity index (χ1) is 8.36. The Hall–Kier alpha value is -1.90. The number of hydrogen-bond donors (Lipinski definition) is 3. The fraction of sp³-hybridized carbons (Fsp3) is 0.385. The quantitative estimate of drug-likeness (QED) is 0.724. The van der Waals surface area contributed by atoms with Gasteiger partial charge in [0.15, 0.2) is 5.60 Å². The molecule has 5 nitrogen and oxygen atoms in total. The fourth-order valence-electron chi connectivity index (χ4n) is 1.39. The standard InChI is InChI=1S/C13H16N2O3/c1-9(15-8-13(2,18)12(16)17)11-5-3-10(7-14)4-6-11/h3-6,9,15,18H,8H2,1-2H3,(H,16,17). The molecular formula is C13H16N2O3. The van der Waals surface area contributed by atoms with E-state index in [1.807, 2.05) is 13.0 Å². The Bertz CT molecular complexity index is 460. The number of nitrogens with one attached hydrogen (secondary N) is 1. The number of carboxylic acids is 1. The van der Waals surface area contributed by atoms with Crippen molar-refractivity contribution in [1.82, 2.24) is 5.32 Å². The SMILES string of the molecule is CC(NCC(C)(O)C(=O)O)c1ccc(C#N)cc1. The van der Waals surface area contributed by atoms with Crippen molar-refractivity contribution in [2.45, 2.75) is 25.5 Å². The summed E-state index contributed by atoms with van der Waals surface area (Å²) in [5.41, 5.74) is -0.292. The van der Waals surface area contributed by atoms with Crippen LogP contribution in [-0.2, 0) is 4.79 Å². The van der Waals surface area contributed by atoms with Gasteiger partial charge in [0.05, 0.1) is 11.6 Å². The highest BCUT2D eigenvalue weighted by atomic mass is 16.4. The predicted octanol–water partition coefficient (Wildman–Crippen LogP) is 1.04. The molecule has 0 radical (unpaired) electrons. The highest BCUT2D eigenvalue weighted by Gasteiger charge is 2.29. The number of aliphatic hydroxyl groups is 1. The van der Waals surface area contributed by atoms with Crippen LogP contribution in [0.15, 0.2) is 24.3 Å². The molecule has 3 N–H and O–H groups in total. The first-order valence-electron chi connectivity index (χ1n) is 5.56. The number of benzene rings is 1. The molecule has 5 heteroatoms. The van der Waals surface area contributed by atoms with Gasteiger partial charge >= 0.3 is 5.97 Å². The largest absolute Gasteiger partial charge is 0.479 e. The number of hydrogen-bond acceptors (Lipinski definition) is 4. The third-order valence-corrected chi connectivity index (χ3v) is 2.75. The Kier molecular flexibility index (Phi) is 4.43. The summed E-state index contributed by atoms with van der Waals surface area (Å²) in [5.74, 6) is -1.26. The zero-order valence-electron chi connectivity index (χ0n) is 10.3. The smallest absolute Gasteiger partial charge is 0.336 e. The number of nitriles is 1. The van der Waals surface area contributed by atoms with Crippen molar-refractivity contribution < 1.29 is 15.0 Å². The fourth-order valence-corrected chi connectivity index (χ4v) is 1.39. The minimum absolute atomic E-state index is 0.0521. The molecule has 96 valence electrons. The van der Waals surface area contributed by atoms with E-state index < -0.39 is 11.6 Å². The summed E-state index contributed by atoms with van der Waals surface area (Å²) in [5, 5.41) is 30.0. The Balaban J connectivity index is 2.63. The molecule has 1 aromatic rings. The van der Waals surface area contributed by atoms with Gasteiger partial charge in [-0.2, -0.15) is 5.26 Å². The summed E-state index contributed by atoms with van der Waals surface area (Å²) in [6.07, 6.45) is 0. The molecule has 0 heterocycles. The molecule has 0 saturated carbocycles. The van der Waals surface area contributed by atoms with Gasteiger partial charge in [-0.1, -0.05) is 12.1 Å². The average molecular weight is 248 g/mol. The zero-order chi connectivity index (χ0) is 13.8. The van der Waals surface area contributed by atoms with Gasteiger partial charge in [-0.15, -0.1) is 0 Å². The topological polar surface area (TPSA) is 93.3 Å². The van der Waals surface area contributed by atoms with Crippen LogP contribution >= 0.6 is 0 Å². The second-order valence-electron chi connectivity index (χ2n) is 4.42. The van der Waals surface area contributed by atoms with E-state index in [1.54, 1.807) is 24.3 Å². The summed E-state index contributed by atoms with van der Waals surface area (Å²) in [7, 11) is 0. The maximum absolute atomic E-state index is 10.7. The van der Waals surface area contributed by atoms with Gasteiger partial charge < -0.3 is 15.5 Å². The molecule has 1 aromatic carbocycles. The van der Waals surface area contributed by atoms with Gasteiger partial charge in [0.25, 0.3) is 0 Å². The Labute approximate surface area is 106 Å². The van der Waals surface area contributed by atoms with Gasteiger partial charge in [-0.05, 0) is 31.5 Å². The van der Waals surface area contributed by atoms with Crippen molar-refractivity contribution in [3.63, 3.8) is 0 Å². The minimum Gasteiger partial charge on any atom is -0.479 e. The highest BCUT2D eigenvalue weighted by Crippen LogP contribution is 2.14. The summed E-state index contributed by atoms with van der Waals surface area (Å²) < 4.78 is 0. The number of carbonyl (C=O) groups is 1. The third-order valence-electron chi connectivity index (χ3n) is 2.75. The Morgan fingerprint density at radius 1 is 1.50 bits per heavy atom. The number of carboxylic acid groups (broad SMARTS) is 1. The third kappa shape index (κ3) is 3.55. The van der Waals surface area contributed by atoms with Gasteiger partial charge in [0.1, 0.15) is 0 Å². The lowest BCUT2D eigenvalue weighted by Gasteiger charge is -2.22. The molecule has 0 fully saturated rings. The van der Waals surface area contributed by atoms with E-state index in [0.29, 0.717) is 5.56 Å². The second-order valence-corrected chi connectivity index (χ2v) is 4.42. The maximum Gasteiger partial charge on any atom is 0.336 e. The molecule has 0 spiro atoms. The van der Waals surface area contributed by atoms with E-state index in [0.717, 1.165) is 5.56 Å². The highest BCUT2D eigenvalue weighted by molar-refractivity contribution is 5.76. The molecule has 0 aliphatic rings. The first kappa shape index (κ1) is 14.2. The Morgan fingerprint density at radius 2 is 2.06 bits per heavy atom. The van der Waals surface area contributed by atoms with Crippen LogP contribution in [0.5, 0.6) is 0 Å². The number of nitrogens with zero attached hydrogens (tertiary/aromatic N) is 1. The number of rotatable bonds is 5. The van der Waals surface area contributed by atoms with Crippen molar-refractivity contribution in [3.05, 3.63) is 35.4 Å². The van der Waals surface area contributed by atoms with Crippen molar-refractivity contribution in [2.24, 2.45) is 0 Å². The van der Waals surface area contributed by atoms with Crippen molar-refractivity contribution >= 4 is 5.97 Å². The molecule has 1 rings (SSSR count).